The van der Waals surface area contributed by atoms with Gasteiger partial charge in [0.2, 0.25) is 0 Å². The van der Waals surface area contributed by atoms with Crippen LogP contribution in [0.3, 0.4) is 0 Å². The van der Waals surface area contributed by atoms with Gasteiger partial charge < -0.3 is 20.3 Å². The van der Waals surface area contributed by atoms with Gasteiger partial charge in [0.05, 0.1) is 26.2 Å². The standard InChI is InChI=1S/C28H23Cl2N3O6S/c1-40(38,39)17-7-4-5-15(11-17)12-22(28(36)37)32-26(34)24-19(29)14-23-18(25(24)30)9-10-33(23)27(35)21-13-16-6-2-3-8-20(16)31-21/h2-8,11,13-14,22,31H,9-10,12H2,1H3,(H,32,34)(H,36,37)/t22-/m0/s1. The van der Waals surface area contributed by atoms with Crippen LogP contribution in [0.5, 0.6) is 0 Å². The molecule has 40 heavy (non-hydrogen) atoms. The number of hydrogen-bond acceptors (Lipinski definition) is 5. The molecule has 5 rings (SSSR count). The van der Waals surface area contributed by atoms with Gasteiger partial charge in [0.1, 0.15) is 11.7 Å². The van der Waals surface area contributed by atoms with E-state index >= 15 is 0 Å². The second kappa shape index (κ2) is 10.6. The minimum absolute atomic E-state index is 0.0372. The Bertz CT molecular complexity index is 1770. The van der Waals surface area contributed by atoms with Crippen molar-refractivity contribution in [1.29, 1.82) is 0 Å². The van der Waals surface area contributed by atoms with Gasteiger partial charge in [-0.3, -0.25) is 9.59 Å². The first-order valence-corrected chi connectivity index (χ1v) is 14.8. The Morgan fingerprint density at radius 2 is 1.82 bits per heavy atom. The number of amides is 2. The van der Waals surface area contributed by atoms with Gasteiger partial charge in [0.25, 0.3) is 11.8 Å². The number of sulfone groups is 1. The summed E-state index contributed by atoms with van der Waals surface area (Å²) in [5.41, 5.74) is 2.55. The molecule has 2 amide bonds. The topological polar surface area (TPSA) is 137 Å². The smallest absolute Gasteiger partial charge is 0.326 e. The summed E-state index contributed by atoms with van der Waals surface area (Å²) in [6.07, 6.45) is 1.25. The van der Waals surface area contributed by atoms with Crippen molar-refractivity contribution in [3.63, 3.8) is 0 Å². The van der Waals surface area contributed by atoms with E-state index in [2.05, 4.69) is 10.3 Å². The fourth-order valence-corrected chi connectivity index (χ4v) is 6.19. The summed E-state index contributed by atoms with van der Waals surface area (Å²) in [5.74, 6) is -2.40. The van der Waals surface area contributed by atoms with Crippen molar-refractivity contribution in [2.24, 2.45) is 0 Å². The van der Waals surface area contributed by atoms with Crippen LogP contribution in [-0.4, -0.2) is 55.1 Å². The number of nitrogens with zero attached hydrogens (tertiary/aromatic N) is 1. The number of H-pyrrole nitrogens is 1. The summed E-state index contributed by atoms with van der Waals surface area (Å²) >= 11 is 13.1. The van der Waals surface area contributed by atoms with E-state index in [1.54, 1.807) is 12.1 Å². The van der Waals surface area contributed by atoms with Gasteiger partial charge in [-0.1, -0.05) is 53.5 Å². The molecule has 1 aliphatic rings. The Hall–Kier alpha value is -3.86. The molecule has 0 bridgehead atoms. The molecule has 206 valence electrons. The van der Waals surface area contributed by atoms with Gasteiger partial charge in [-0.25, -0.2) is 13.2 Å². The molecule has 12 heteroatoms. The molecule has 3 N–H and O–H groups in total. The minimum atomic E-state index is -3.50. The highest BCUT2D eigenvalue weighted by Gasteiger charge is 2.33. The zero-order valence-corrected chi connectivity index (χ0v) is 23.4. The molecule has 0 saturated carbocycles. The number of benzene rings is 3. The van der Waals surface area contributed by atoms with E-state index in [0.717, 1.165) is 17.2 Å². The van der Waals surface area contributed by atoms with Crippen LogP contribution in [0.4, 0.5) is 5.69 Å². The number of para-hydroxylation sites is 1. The largest absolute Gasteiger partial charge is 0.480 e. The van der Waals surface area contributed by atoms with Gasteiger partial charge in [0.15, 0.2) is 9.84 Å². The van der Waals surface area contributed by atoms with Gasteiger partial charge in [0, 0.05) is 30.1 Å². The van der Waals surface area contributed by atoms with E-state index in [9.17, 15) is 27.9 Å². The van der Waals surface area contributed by atoms with E-state index in [1.807, 2.05) is 24.3 Å². The normalized spacial score (nSPS) is 13.7. The Morgan fingerprint density at radius 1 is 1.07 bits per heavy atom. The number of anilines is 1. The SMILES string of the molecule is CS(=O)(=O)c1cccc(C[C@H](NC(=O)c2c(Cl)cc3c(c2Cl)CCN3C(=O)c2cc3ccccc3[nH]2)C(=O)O)c1. The number of nitrogens with one attached hydrogen (secondary N) is 2. The number of carbonyl (C=O) groups excluding carboxylic acids is 2. The number of carboxylic acid groups (broad SMARTS) is 1. The summed E-state index contributed by atoms with van der Waals surface area (Å²) in [6.45, 7) is 0.319. The number of rotatable bonds is 7. The monoisotopic (exact) mass is 599 g/mol. The molecule has 3 aromatic carbocycles. The van der Waals surface area contributed by atoms with Crippen molar-refractivity contribution in [3.8, 4) is 0 Å². The number of aliphatic carboxylic acids is 1. The number of hydrogen-bond donors (Lipinski definition) is 3. The van der Waals surface area contributed by atoms with Gasteiger partial charge in [-0.15, -0.1) is 0 Å². The highest BCUT2D eigenvalue weighted by Crippen LogP contribution is 2.40. The van der Waals surface area contributed by atoms with Gasteiger partial charge in [-0.2, -0.15) is 0 Å². The number of halogens is 2. The number of aromatic nitrogens is 1. The lowest BCUT2D eigenvalue weighted by molar-refractivity contribution is -0.139. The van der Waals surface area contributed by atoms with E-state index < -0.39 is 27.8 Å². The molecule has 1 atom stereocenters. The number of carboxylic acids is 1. The van der Waals surface area contributed by atoms with Crippen LogP contribution in [0.25, 0.3) is 10.9 Å². The Morgan fingerprint density at radius 3 is 2.52 bits per heavy atom. The summed E-state index contributed by atoms with van der Waals surface area (Å²) in [5, 5.41) is 13.1. The lowest BCUT2D eigenvalue weighted by atomic mass is 10.0. The maximum absolute atomic E-state index is 13.3. The second-order valence-electron chi connectivity index (χ2n) is 9.51. The molecule has 1 aromatic heterocycles. The van der Waals surface area contributed by atoms with E-state index in [0.29, 0.717) is 35.5 Å². The molecular weight excluding hydrogens is 577 g/mol. The van der Waals surface area contributed by atoms with Crippen LogP contribution in [0.2, 0.25) is 10.0 Å². The maximum atomic E-state index is 13.3. The summed E-state index contributed by atoms with van der Waals surface area (Å²) in [6, 6.07) is 15.2. The van der Waals surface area contributed by atoms with Crippen LogP contribution in [0.1, 0.15) is 32.0 Å². The van der Waals surface area contributed by atoms with E-state index in [1.165, 1.54) is 29.2 Å². The van der Waals surface area contributed by atoms with Crippen LogP contribution in [0, 0.1) is 0 Å². The van der Waals surface area contributed by atoms with Crippen molar-refractivity contribution >= 4 is 67.4 Å². The molecule has 0 spiro atoms. The summed E-state index contributed by atoms with van der Waals surface area (Å²) < 4.78 is 23.8. The maximum Gasteiger partial charge on any atom is 0.326 e. The zero-order valence-electron chi connectivity index (χ0n) is 21.1. The number of carbonyl (C=O) groups is 3. The third-order valence-corrected chi connectivity index (χ3v) is 8.60. The van der Waals surface area contributed by atoms with Crippen molar-refractivity contribution in [1.82, 2.24) is 10.3 Å². The fraction of sp³-hybridized carbons (Fsp3) is 0.179. The van der Waals surface area contributed by atoms with Crippen molar-refractivity contribution in [2.75, 3.05) is 17.7 Å². The molecule has 0 unspecified atom stereocenters. The van der Waals surface area contributed by atoms with E-state index in [4.69, 9.17) is 23.2 Å². The van der Waals surface area contributed by atoms with Crippen molar-refractivity contribution in [3.05, 3.63) is 93.1 Å². The lowest BCUT2D eigenvalue weighted by Crippen LogP contribution is -2.42. The average Bonchev–Trinajstić information content (AvgIpc) is 3.52. The molecule has 2 heterocycles. The Kier molecular flexibility index (Phi) is 7.34. The molecule has 0 radical (unpaired) electrons. The molecule has 9 nitrogen and oxygen atoms in total. The third kappa shape index (κ3) is 5.30. The van der Waals surface area contributed by atoms with E-state index in [-0.39, 0.29) is 32.8 Å². The van der Waals surface area contributed by atoms with Crippen LogP contribution < -0.4 is 10.2 Å². The van der Waals surface area contributed by atoms with Crippen molar-refractivity contribution in [2.45, 2.75) is 23.8 Å². The molecule has 4 aromatic rings. The molecule has 1 aliphatic heterocycles. The average molecular weight is 600 g/mol. The Labute approximate surface area is 239 Å². The fourth-order valence-electron chi connectivity index (χ4n) is 4.79. The summed E-state index contributed by atoms with van der Waals surface area (Å²) in [4.78, 5) is 43.2. The quantitative estimate of drug-likeness (QED) is 0.286. The first kappa shape index (κ1) is 27.7. The van der Waals surface area contributed by atoms with Crippen LogP contribution in [0.15, 0.2) is 65.6 Å². The summed E-state index contributed by atoms with van der Waals surface area (Å²) in [7, 11) is -3.50. The van der Waals surface area contributed by atoms with Crippen LogP contribution in [-0.2, 0) is 27.5 Å². The molecular formula is C28H23Cl2N3O6S. The predicted octanol–water partition coefficient (Wildman–Crippen LogP) is 4.51. The molecule has 0 saturated heterocycles. The highest BCUT2D eigenvalue weighted by atomic mass is 35.5. The van der Waals surface area contributed by atoms with Gasteiger partial charge >= 0.3 is 5.97 Å². The first-order chi connectivity index (χ1) is 18.9. The highest BCUT2D eigenvalue weighted by molar-refractivity contribution is 7.90. The van der Waals surface area contributed by atoms with Crippen molar-refractivity contribution < 1.29 is 27.9 Å². The number of aromatic amines is 1. The zero-order chi connectivity index (χ0) is 28.8. The Balaban J connectivity index is 1.39. The molecule has 0 aliphatic carbocycles. The van der Waals surface area contributed by atoms with Gasteiger partial charge in [-0.05, 0) is 47.9 Å². The second-order valence-corrected chi connectivity index (χ2v) is 12.3. The van der Waals surface area contributed by atoms with Crippen LogP contribution >= 0.6 is 23.2 Å². The lowest BCUT2D eigenvalue weighted by Gasteiger charge is -2.20. The third-order valence-electron chi connectivity index (χ3n) is 6.77. The minimum Gasteiger partial charge on any atom is -0.480 e. The molecule has 0 fully saturated rings. The number of fused-ring (bicyclic) bond motifs is 2. The predicted molar refractivity (Wildman–Crippen MR) is 152 cm³/mol. The first-order valence-electron chi connectivity index (χ1n) is 12.2.